The van der Waals surface area contributed by atoms with Crippen LogP contribution in [-0.2, 0) is 4.74 Å². The Balaban J connectivity index is 2.27. The Morgan fingerprint density at radius 1 is 1.33 bits per heavy atom. The molecule has 15 heavy (non-hydrogen) atoms. The van der Waals surface area contributed by atoms with Gasteiger partial charge in [0, 0.05) is 18.2 Å². The van der Waals surface area contributed by atoms with E-state index >= 15 is 0 Å². The molecule has 0 heterocycles. The molecule has 0 spiro atoms. The van der Waals surface area contributed by atoms with E-state index in [0.717, 1.165) is 10.2 Å². The maximum atomic E-state index is 9.48. The Morgan fingerprint density at radius 3 is 2.60 bits per heavy atom. The predicted octanol–water partition coefficient (Wildman–Crippen LogP) is 2.23. The fourth-order valence-electron chi connectivity index (χ4n) is 1.06. The first-order valence-corrected chi connectivity index (χ1v) is 5.57. The zero-order valence-corrected chi connectivity index (χ0v) is 10.2. The summed E-state index contributed by atoms with van der Waals surface area (Å²) >= 11 is 3.34. The van der Waals surface area contributed by atoms with E-state index < -0.39 is 6.10 Å². The van der Waals surface area contributed by atoms with Crippen LogP contribution >= 0.6 is 15.9 Å². The van der Waals surface area contributed by atoms with Gasteiger partial charge in [-0.25, -0.2) is 0 Å². The second-order valence-electron chi connectivity index (χ2n) is 3.20. The molecular formula is C11H15BrO3. The van der Waals surface area contributed by atoms with Gasteiger partial charge in [-0.05, 0) is 30.7 Å². The predicted molar refractivity (Wildman–Crippen MR) is 62.1 cm³/mol. The standard InChI is InChI=1S/C11H15BrO3/c1-14-7-6-10(13)8-15-11-4-2-9(12)3-5-11/h2-5,10,13H,6-8H2,1H3. The van der Waals surface area contributed by atoms with Crippen LogP contribution in [0.15, 0.2) is 28.7 Å². The maximum Gasteiger partial charge on any atom is 0.119 e. The highest BCUT2D eigenvalue weighted by atomic mass is 79.9. The van der Waals surface area contributed by atoms with E-state index in [9.17, 15) is 5.11 Å². The number of halogens is 1. The van der Waals surface area contributed by atoms with Gasteiger partial charge in [0.1, 0.15) is 12.4 Å². The SMILES string of the molecule is COCCC(O)COc1ccc(Br)cc1. The molecule has 0 saturated heterocycles. The van der Waals surface area contributed by atoms with Crippen molar-refractivity contribution in [2.24, 2.45) is 0 Å². The molecule has 0 bridgehead atoms. The summed E-state index contributed by atoms with van der Waals surface area (Å²) in [5.74, 6) is 0.759. The molecular weight excluding hydrogens is 260 g/mol. The zero-order valence-electron chi connectivity index (χ0n) is 8.65. The lowest BCUT2D eigenvalue weighted by Crippen LogP contribution is -2.19. The molecule has 1 unspecified atom stereocenters. The molecule has 0 radical (unpaired) electrons. The van der Waals surface area contributed by atoms with Crippen LogP contribution in [0.5, 0.6) is 5.75 Å². The molecule has 0 aliphatic rings. The number of rotatable bonds is 6. The first-order chi connectivity index (χ1) is 7.22. The van der Waals surface area contributed by atoms with Gasteiger partial charge in [-0.15, -0.1) is 0 Å². The summed E-state index contributed by atoms with van der Waals surface area (Å²) in [5.41, 5.74) is 0. The molecule has 0 saturated carbocycles. The summed E-state index contributed by atoms with van der Waals surface area (Å²) in [6.45, 7) is 0.843. The molecule has 84 valence electrons. The van der Waals surface area contributed by atoms with E-state index in [2.05, 4.69) is 15.9 Å². The van der Waals surface area contributed by atoms with Crippen LogP contribution in [0.4, 0.5) is 0 Å². The van der Waals surface area contributed by atoms with Gasteiger partial charge in [0.05, 0.1) is 6.10 Å². The molecule has 0 aromatic heterocycles. The fourth-order valence-corrected chi connectivity index (χ4v) is 1.32. The van der Waals surface area contributed by atoms with Crippen LogP contribution in [0.25, 0.3) is 0 Å². The smallest absolute Gasteiger partial charge is 0.119 e. The Morgan fingerprint density at radius 2 is 2.00 bits per heavy atom. The van der Waals surface area contributed by atoms with Crippen LogP contribution in [0, 0.1) is 0 Å². The summed E-state index contributed by atoms with van der Waals surface area (Å²) in [7, 11) is 1.61. The van der Waals surface area contributed by atoms with E-state index in [1.165, 1.54) is 0 Å². The number of hydrogen-bond acceptors (Lipinski definition) is 3. The van der Waals surface area contributed by atoms with Crippen molar-refractivity contribution in [2.45, 2.75) is 12.5 Å². The van der Waals surface area contributed by atoms with Crippen LogP contribution in [-0.4, -0.2) is 31.5 Å². The van der Waals surface area contributed by atoms with Crippen molar-refractivity contribution in [3.05, 3.63) is 28.7 Å². The average molecular weight is 275 g/mol. The minimum Gasteiger partial charge on any atom is -0.491 e. The lowest BCUT2D eigenvalue weighted by molar-refractivity contribution is 0.0706. The number of ether oxygens (including phenoxy) is 2. The molecule has 0 fully saturated rings. The topological polar surface area (TPSA) is 38.7 Å². The number of aliphatic hydroxyl groups excluding tert-OH is 1. The van der Waals surface area contributed by atoms with Crippen molar-refractivity contribution in [1.82, 2.24) is 0 Å². The Bertz CT molecular complexity index is 274. The Hall–Kier alpha value is -0.580. The van der Waals surface area contributed by atoms with E-state index in [-0.39, 0.29) is 0 Å². The summed E-state index contributed by atoms with van der Waals surface area (Å²) in [6, 6.07) is 7.51. The third-order valence-corrected chi connectivity index (χ3v) is 2.44. The van der Waals surface area contributed by atoms with Gasteiger partial charge < -0.3 is 14.6 Å². The van der Waals surface area contributed by atoms with Gasteiger partial charge in [0.15, 0.2) is 0 Å². The van der Waals surface area contributed by atoms with Crippen LogP contribution in [0.3, 0.4) is 0 Å². The van der Waals surface area contributed by atoms with Crippen molar-refractivity contribution in [1.29, 1.82) is 0 Å². The van der Waals surface area contributed by atoms with Gasteiger partial charge in [0.2, 0.25) is 0 Å². The average Bonchev–Trinajstić information content (AvgIpc) is 2.25. The van der Waals surface area contributed by atoms with E-state index in [4.69, 9.17) is 9.47 Å². The third kappa shape index (κ3) is 5.16. The van der Waals surface area contributed by atoms with E-state index in [0.29, 0.717) is 19.6 Å². The number of hydrogen-bond donors (Lipinski definition) is 1. The summed E-state index contributed by atoms with van der Waals surface area (Å²) < 4.78 is 11.3. The third-order valence-electron chi connectivity index (χ3n) is 1.91. The molecule has 1 rings (SSSR count). The second-order valence-corrected chi connectivity index (χ2v) is 4.12. The summed E-state index contributed by atoms with van der Waals surface area (Å²) in [6.07, 6.45) is 0.112. The normalized spacial score (nSPS) is 12.5. The number of aliphatic hydroxyl groups is 1. The fraction of sp³-hybridized carbons (Fsp3) is 0.455. The monoisotopic (exact) mass is 274 g/mol. The molecule has 4 heteroatoms. The minimum atomic E-state index is -0.478. The highest BCUT2D eigenvalue weighted by Gasteiger charge is 2.04. The van der Waals surface area contributed by atoms with Crippen LogP contribution in [0.2, 0.25) is 0 Å². The lowest BCUT2D eigenvalue weighted by atomic mass is 10.3. The minimum absolute atomic E-state index is 0.297. The van der Waals surface area contributed by atoms with Crippen molar-refractivity contribution in [3.63, 3.8) is 0 Å². The van der Waals surface area contributed by atoms with Gasteiger partial charge in [-0.3, -0.25) is 0 Å². The quantitative estimate of drug-likeness (QED) is 0.865. The zero-order chi connectivity index (χ0) is 11.1. The van der Waals surface area contributed by atoms with Crippen LogP contribution in [0.1, 0.15) is 6.42 Å². The molecule has 1 atom stereocenters. The number of methoxy groups -OCH3 is 1. The first-order valence-electron chi connectivity index (χ1n) is 4.77. The van der Waals surface area contributed by atoms with Crippen molar-refractivity contribution in [2.75, 3.05) is 20.3 Å². The van der Waals surface area contributed by atoms with Crippen molar-refractivity contribution >= 4 is 15.9 Å². The molecule has 0 amide bonds. The molecule has 1 N–H and O–H groups in total. The Labute approximate surface area is 98.1 Å². The van der Waals surface area contributed by atoms with E-state index in [1.54, 1.807) is 7.11 Å². The molecule has 1 aromatic carbocycles. The van der Waals surface area contributed by atoms with Gasteiger partial charge in [0.25, 0.3) is 0 Å². The largest absolute Gasteiger partial charge is 0.491 e. The van der Waals surface area contributed by atoms with E-state index in [1.807, 2.05) is 24.3 Å². The lowest BCUT2D eigenvalue weighted by Gasteiger charge is -2.11. The highest BCUT2D eigenvalue weighted by molar-refractivity contribution is 9.10. The van der Waals surface area contributed by atoms with Gasteiger partial charge >= 0.3 is 0 Å². The molecule has 0 aliphatic carbocycles. The number of benzene rings is 1. The van der Waals surface area contributed by atoms with Gasteiger partial charge in [-0.1, -0.05) is 15.9 Å². The molecule has 3 nitrogen and oxygen atoms in total. The second kappa shape index (κ2) is 6.82. The highest BCUT2D eigenvalue weighted by Crippen LogP contribution is 2.16. The Kier molecular flexibility index (Phi) is 5.68. The molecule has 0 aliphatic heterocycles. The summed E-state index contributed by atoms with van der Waals surface area (Å²) in [4.78, 5) is 0. The molecule has 1 aromatic rings. The summed E-state index contributed by atoms with van der Waals surface area (Å²) in [5, 5.41) is 9.48. The van der Waals surface area contributed by atoms with Gasteiger partial charge in [-0.2, -0.15) is 0 Å². The first kappa shape index (κ1) is 12.5. The van der Waals surface area contributed by atoms with Crippen molar-refractivity contribution in [3.8, 4) is 5.75 Å². The van der Waals surface area contributed by atoms with Crippen LogP contribution < -0.4 is 4.74 Å². The maximum absolute atomic E-state index is 9.48. The van der Waals surface area contributed by atoms with Crippen molar-refractivity contribution < 1.29 is 14.6 Å².